The van der Waals surface area contributed by atoms with Gasteiger partial charge in [-0.2, -0.15) is 0 Å². The van der Waals surface area contributed by atoms with Gasteiger partial charge in [-0.15, -0.1) is 0 Å². The van der Waals surface area contributed by atoms with E-state index >= 15 is 0 Å². The van der Waals surface area contributed by atoms with Crippen LogP contribution in [0.15, 0.2) is 17.2 Å². The first kappa shape index (κ1) is 10.7. The van der Waals surface area contributed by atoms with Gasteiger partial charge in [0.2, 0.25) is 0 Å². The topological polar surface area (TPSA) is 64.2 Å². The van der Waals surface area contributed by atoms with Crippen LogP contribution < -0.4 is 10.3 Å². The number of H-pyrrole nitrogens is 1. The molecule has 0 aromatic carbocycles. The van der Waals surface area contributed by atoms with Crippen LogP contribution >= 0.6 is 0 Å². The molecular formula is C9H14N2O3. The molecule has 5 heteroatoms. The first-order valence-electron chi connectivity index (χ1n) is 4.48. The van der Waals surface area contributed by atoms with Gasteiger partial charge in [0.1, 0.15) is 6.61 Å². The third-order valence-corrected chi connectivity index (χ3v) is 1.45. The van der Waals surface area contributed by atoms with E-state index in [1.807, 2.05) is 13.8 Å². The number of hydrogen-bond donors (Lipinski definition) is 1. The molecule has 0 fully saturated rings. The molecule has 1 rings (SSSR count). The summed E-state index contributed by atoms with van der Waals surface area (Å²) in [6, 6.07) is 0. The number of nitrogens with zero attached hydrogens (tertiary/aromatic N) is 1. The zero-order valence-electron chi connectivity index (χ0n) is 8.32. The lowest BCUT2D eigenvalue weighted by Gasteiger charge is -2.07. The van der Waals surface area contributed by atoms with Crippen molar-refractivity contribution in [3.05, 3.63) is 22.7 Å². The first-order valence-corrected chi connectivity index (χ1v) is 4.48. The van der Waals surface area contributed by atoms with E-state index in [1.165, 1.54) is 12.4 Å². The largest absolute Gasteiger partial charge is 0.471 e. The maximum absolute atomic E-state index is 11.1. The van der Waals surface area contributed by atoms with Gasteiger partial charge in [-0.05, 0) is 13.8 Å². The van der Waals surface area contributed by atoms with Gasteiger partial charge < -0.3 is 14.5 Å². The third-order valence-electron chi connectivity index (χ3n) is 1.45. The Bertz CT molecular complexity index is 322. The van der Waals surface area contributed by atoms with Crippen molar-refractivity contribution in [1.82, 2.24) is 9.97 Å². The zero-order valence-corrected chi connectivity index (χ0v) is 8.32. The predicted molar refractivity (Wildman–Crippen MR) is 51.4 cm³/mol. The zero-order chi connectivity index (χ0) is 10.4. The Morgan fingerprint density at radius 2 is 2.29 bits per heavy atom. The SMILES string of the molecule is CC(C)OCCOc1ncc[nH]c1=O. The van der Waals surface area contributed by atoms with Crippen molar-refractivity contribution in [2.75, 3.05) is 13.2 Å². The van der Waals surface area contributed by atoms with Crippen LogP contribution in [0.25, 0.3) is 0 Å². The number of aromatic amines is 1. The molecule has 0 radical (unpaired) electrons. The molecule has 5 nitrogen and oxygen atoms in total. The minimum atomic E-state index is -0.322. The van der Waals surface area contributed by atoms with Crippen LogP contribution in [0, 0.1) is 0 Å². The van der Waals surface area contributed by atoms with Crippen molar-refractivity contribution in [2.45, 2.75) is 20.0 Å². The van der Waals surface area contributed by atoms with Crippen molar-refractivity contribution in [1.29, 1.82) is 0 Å². The highest BCUT2D eigenvalue weighted by molar-refractivity contribution is 5.01. The summed E-state index contributed by atoms with van der Waals surface area (Å²) in [6.07, 6.45) is 3.10. The Morgan fingerprint density at radius 1 is 1.50 bits per heavy atom. The van der Waals surface area contributed by atoms with Gasteiger partial charge in [0.05, 0.1) is 12.7 Å². The second kappa shape index (κ2) is 5.39. The molecule has 0 unspecified atom stereocenters. The molecule has 0 saturated heterocycles. The Morgan fingerprint density at radius 3 is 2.93 bits per heavy atom. The summed E-state index contributed by atoms with van der Waals surface area (Å²) in [7, 11) is 0. The van der Waals surface area contributed by atoms with E-state index in [0.29, 0.717) is 13.2 Å². The molecule has 1 N–H and O–H groups in total. The van der Waals surface area contributed by atoms with Crippen LogP contribution in [-0.2, 0) is 4.74 Å². The van der Waals surface area contributed by atoms with E-state index in [1.54, 1.807) is 0 Å². The van der Waals surface area contributed by atoms with Gasteiger partial charge in [0, 0.05) is 12.4 Å². The van der Waals surface area contributed by atoms with Gasteiger partial charge in [0.25, 0.3) is 5.88 Å². The molecule has 0 saturated carbocycles. The molecule has 0 aliphatic rings. The summed E-state index contributed by atoms with van der Waals surface area (Å²) < 4.78 is 10.3. The molecule has 14 heavy (non-hydrogen) atoms. The summed E-state index contributed by atoms with van der Waals surface area (Å²) in [5.74, 6) is 0.0832. The molecule has 1 heterocycles. The van der Waals surface area contributed by atoms with Crippen molar-refractivity contribution in [2.24, 2.45) is 0 Å². The minimum Gasteiger partial charge on any atom is -0.471 e. The van der Waals surface area contributed by atoms with Crippen LogP contribution in [0.4, 0.5) is 0 Å². The summed E-state index contributed by atoms with van der Waals surface area (Å²) in [5, 5.41) is 0. The molecule has 0 bridgehead atoms. The molecule has 0 spiro atoms. The van der Waals surface area contributed by atoms with Crippen LogP contribution in [0.5, 0.6) is 5.88 Å². The van der Waals surface area contributed by atoms with E-state index < -0.39 is 0 Å². The molecule has 1 aromatic rings. The van der Waals surface area contributed by atoms with Crippen LogP contribution in [0.3, 0.4) is 0 Å². The van der Waals surface area contributed by atoms with E-state index in [4.69, 9.17) is 9.47 Å². The summed E-state index contributed by atoms with van der Waals surface area (Å²) in [4.78, 5) is 17.3. The molecule has 0 aliphatic carbocycles. The average Bonchev–Trinajstić information content (AvgIpc) is 2.15. The second-order valence-electron chi connectivity index (χ2n) is 2.99. The normalized spacial score (nSPS) is 10.5. The van der Waals surface area contributed by atoms with Crippen molar-refractivity contribution in [3.8, 4) is 5.88 Å². The number of aromatic nitrogens is 2. The maximum Gasteiger partial charge on any atom is 0.310 e. The average molecular weight is 198 g/mol. The fraction of sp³-hybridized carbons (Fsp3) is 0.556. The smallest absolute Gasteiger partial charge is 0.310 e. The lowest BCUT2D eigenvalue weighted by molar-refractivity contribution is 0.0539. The number of ether oxygens (including phenoxy) is 2. The van der Waals surface area contributed by atoms with E-state index in [-0.39, 0.29) is 17.5 Å². The lowest BCUT2D eigenvalue weighted by Crippen LogP contribution is -2.17. The van der Waals surface area contributed by atoms with Crippen LogP contribution in [0.2, 0.25) is 0 Å². The van der Waals surface area contributed by atoms with Crippen LogP contribution in [-0.4, -0.2) is 29.3 Å². The Hall–Kier alpha value is -1.36. The van der Waals surface area contributed by atoms with Crippen molar-refractivity contribution >= 4 is 0 Å². The highest BCUT2D eigenvalue weighted by Gasteiger charge is 2.00. The number of nitrogens with one attached hydrogen (secondary N) is 1. The quantitative estimate of drug-likeness (QED) is 0.703. The van der Waals surface area contributed by atoms with Gasteiger partial charge in [-0.3, -0.25) is 4.79 Å². The highest BCUT2D eigenvalue weighted by Crippen LogP contribution is 1.94. The second-order valence-corrected chi connectivity index (χ2v) is 2.99. The molecule has 0 amide bonds. The lowest BCUT2D eigenvalue weighted by atomic mass is 10.5. The summed E-state index contributed by atoms with van der Waals surface area (Å²) in [5.41, 5.74) is -0.322. The number of hydrogen-bond acceptors (Lipinski definition) is 4. The van der Waals surface area contributed by atoms with Gasteiger partial charge in [0.15, 0.2) is 0 Å². The molecule has 0 atom stereocenters. The Labute approximate surface area is 82.1 Å². The highest BCUT2D eigenvalue weighted by atomic mass is 16.5. The fourth-order valence-corrected chi connectivity index (χ4v) is 0.863. The Balaban J connectivity index is 2.32. The minimum absolute atomic E-state index is 0.0832. The van der Waals surface area contributed by atoms with Crippen molar-refractivity contribution < 1.29 is 9.47 Å². The van der Waals surface area contributed by atoms with E-state index in [0.717, 1.165) is 0 Å². The predicted octanol–water partition coefficient (Wildman–Crippen LogP) is 0.574. The van der Waals surface area contributed by atoms with E-state index in [9.17, 15) is 4.79 Å². The van der Waals surface area contributed by atoms with Gasteiger partial charge in [-0.25, -0.2) is 4.98 Å². The molecular weight excluding hydrogens is 184 g/mol. The fourth-order valence-electron chi connectivity index (χ4n) is 0.863. The van der Waals surface area contributed by atoms with Gasteiger partial charge >= 0.3 is 5.56 Å². The third kappa shape index (κ3) is 3.57. The first-order chi connectivity index (χ1) is 6.70. The van der Waals surface area contributed by atoms with Crippen LogP contribution in [0.1, 0.15) is 13.8 Å². The van der Waals surface area contributed by atoms with Crippen molar-refractivity contribution in [3.63, 3.8) is 0 Å². The standard InChI is InChI=1S/C9H14N2O3/c1-7(2)13-5-6-14-9-8(12)10-3-4-11-9/h3-4,7H,5-6H2,1-2H3,(H,10,12). The summed E-state index contributed by atoms with van der Waals surface area (Å²) in [6.45, 7) is 4.66. The molecule has 78 valence electrons. The molecule has 1 aromatic heterocycles. The number of rotatable bonds is 5. The molecule has 0 aliphatic heterocycles. The maximum atomic E-state index is 11.1. The summed E-state index contributed by atoms with van der Waals surface area (Å²) >= 11 is 0. The monoisotopic (exact) mass is 198 g/mol. The van der Waals surface area contributed by atoms with E-state index in [2.05, 4.69) is 9.97 Å². The van der Waals surface area contributed by atoms with Gasteiger partial charge in [-0.1, -0.05) is 0 Å². The Kier molecular flexibility index (Phi) is 4.12.